The molecule has 0 heterocycles. The van der Waals surface area contributed by atoms with Crippen LogP contribution >= 0.6 is 0 Å². The Morgan fingerprint density at radius 3 is 2.53 bits per heavy atom. The first-order valence-electron chi connectivity index (χ1n) is 8.03. The van der Waals surface area contributed by atoms with Crippen molar-refractivity contribution >= 4 is 0 Å². The third-order valence-corrected chi connectivity index (χ3v) is 5.80. The van der Waals surface area contributed by atoms with Crippen molar-refractivity contribution in [3.8, 4) is 0 Å². The molecule has 1 N–H and O–H groups in total. The molecule has 0 aromatic heterocycles. The third kappa shape index (κ3) is 2.23. The summed E-state index contributed by atoms with van der Waals surface area (Å²) in [5.41, 5.74) is 1.10. The van der Waals surface area contributed by atoms with Crippen LogP contribution in [0, 0.1) is 17.8 Å². The molecule has 0 aliphatic heterocycles. The predicted molar refractivity (Wildman–Crippen MR) is 76.9 cm³/mol. The molecule has 19 heavy (non-hydrogen) atoms. The van der Waals surface area contributed by atoms with Crippen LogP contribution in [0.1, 0.15) is 56.4 Å². The van der Waals surface area contributed by atoms with Crippen molar-refractivity contribution in [2.24, 2.45) is 17.8 Å². The highest BCUT2D eigenvalue weighted by molar-refractivity contribution is 5.28. The van der Waals surface area contributed by atoms with Crippen molar-refractivity contribution in [1.29, 1.82) is 0 Å². The zero-order chi connectivity index (χ0) is 12.9. The van der Waals surface area contributed by atoms with Crippen LogP contribution in [0.2, 0.25) is 0 Å². The summed E-state index contributed by atoms with van der Waals surface area (Å²) >= 11 is 0. The lowest BCUT2D eigenvalue weighted by Gasteiger charge is -2.38. The van der Waals surface area contributed by atoms with Crippen LogP contribution in [0.25, 0.3) is 0 Å². The van der Waals surface area contributed by atoms with Crippen LogP contribution in [-0.2, 0) is 0 Å². The largest absolute Gasteiger partial charge is 0.390 e. The van der Waals surface area contributed by atoms with Gasteiger partial charge in [-0.25, -0.2) is 0 Å². The van der Waals surface area contributed by atoms with Gasteiger partial charge in [0.1, 0.15) is 0 Å². The number of hydrogen-bond acceptors (Lipinski definition) is 1. The SMILES string of the molecule is OC1(C2CC2c2ccccc2)CCCC(C2CC2)C1. The van der Waals surface area contributed by atoms with E-state index >= 15 is 0 Å². The van der Waals surface area contributed by atoms with E-state index in [0.29, 0.717) is 11.8 Å². The van der Waals surface area contributed by atoms with Gasteiger partial charge < -0.3 is 5.11 Å². The molecule has 0 saturated heterocycles. The maximum Gasteiger partial charge on any atom is 0.0684 e. The topological polar surface area (TPSA) is 20.2 Å². The number of rotatable bonds is 3. The van der Waals surface area contributed by atoms with E-state index in [2.05, 4.69) is 30.3 Å². The summed E-state index contributed by atoms with van der Waals surface area (Å²) in [6.45, 7) is 0. The van der Waals surface area contributed by atoms with E-state index in [1.54, 1.807) is 0 Å². The van der Waals surface area contributed by atoms with Gasteiger partial charge in [-0.05, 0) is 67.8 Å². The molecule has 4 atom stereocenters. The molecule has 0 amide bonds. The van der Waals surface area contributed by atoms with Crippen molar-refractivity contribution in [1.82, 2.24) is 0 Å². The Morgan fingerprint density at radius 2 is 1.79 bits per heavy atom. The van der Waals surface area contributed by atoms with E-state index in [1.807, 2.05) is 0 Å². The zero-order valence-corrected chi connectivity index (χ0v) is 11.6. The molecule has 1 nitrogen and oxygen atoms in total. The molecule has 0 spiro atoms. The summed E-state index contributed by atoms with van der Waals surface area (Å²) < 4.78 is 0. The van der Waals surface area contributed by atoms with Crippen molar-refractivity contribution in [2.45, 2.75) is 56.5 Å². The van der Waals surface area contributed by atoms with Crippen LogP contribution in [0.4, 0.5) is 0 Å². The molecule has 0 bridgehead atoms. The van der Waals surface area contributed by atoms with E-state index in [4.69, 9.17) is 0 Å². The zero-order valence-electron chi connectivity index (χ0n) is 11.6. The fourth-order valence-corrected chi connectivity index (χ4v) is 4.49. The summed E-state index contributed by atoms with van der Waals surface area (Å²) in [6.07, 6.45) is 8.81. The van der Waals surface area contributed by atoms with Gasteiger partial charge in [0.15, 0.2) is 0 Å². The van der Waals surface area contributed by atoms with Gasteiger partial charge >= 0.3 is 0 Å². The van der Waals surface area contributed by atoms with E-state index in [1.165, 1.54) is 37.7 Å². The Hall–Kier alpha value is -0.820. The molecule has 1 aromatic rings. The van der Waals surface area contributed by atoms with Crippen LogP contribution in [0.3, 0.4) is 0 Å². The standard InChI is InChI=1S/C18H24O/c19-18(10-4-7-15(12-18)13-8-9-13)17-11-16(17)14-5-2-1-3-6-14/h1-3,5-6,13,15-17,19H,4,7-12H2. The van der Waals surface area contributed by atoms with E-state index in [-0.39, 0.29) is 5.60 Å². The maximum atomic E-state index is 11.1. The lowest BCUT2D eigenvalue weighted by Crippen LogP contribution is -2.38. The number of aliphatic hydroxyl groups is 1. The molecular weight excluding hydrogens is 232 g/mol. The number of benzene rings is 1. The Kier molecular flexibility index (Phi) is 2.73. The summed E-state index contributed by atoms with van der Waals surface area (Å²) in [7, 11) is 0. The smallest absolute Gasteiger partial charge is 0.0684 e. The highest BCUT2D eigenvalue weighted by Gasteiger charge is 2.54. The van der Waals surface area contributed by atoms with Crippen LogP contribution in [-0.4, -0.2) is 10.7 Å². The minimum absolute atomic E-state index is 0.341. The molecule has 4 unspecified atom stereocenters. The fraction of sp³-hybridized carbons (Fsp3) is 0.667. The van der Waals surface area contributed by atoms with Crippen LogP contribution < -0.4 is 0 Å². The van der Waals surface area contributed by atoms with Gasteiger partial charge in [-0.3, -0.25) is 0 Å². The van der Waals surface area contributed by atoms with Crippen molar-refractivity contribution < 1.29 is 5.11 Å². The molecule has 3 fully saturated rings. The molecular formula is C18H24O. The van der Waals surface area contributed by atoms with Gasteiger partial charge in [0.05, 0.1) is 5.60 Å². The Bertz CT molecular complexity index is 450. The molecule has 3 aliphatic carbocycles. The lowest BCUT2D eigenvalue weighted by atomic mass is 9.73. The first kappa shape index (κ1) is 12.0. The summed E-state index contributed by atoms with van der Waals surface area (Å²) in [4.78, 5) is 0. The quantitative estimate of drug-likeness (QED) is 0.862. The lowest BCUT2D eigenvalue weighted by molar-refractivity contribution is -0.0405. The second-order valence-corrected chi connectivity index (χ2v) is 7.16. The van der Waals surface area contributed by atoms with Gasteiger partial charge in [0, 0.05) is 0 Å². The number of hydrogen-bond donors (Lipinski definition) is 1. The highest BCUT2D eigenvalue weighted by atomic mass is 16.3. The molecule has 1 aromatic carbocycles. The second kappa shape index (κ2) is 4.34. The van der Waals surface area contributed by atoms with E-state index in [0.717, 1.165) is 24.7 Å². The predicted octanol–water partition coefficient (Wildman–Crippen LogP) is 4.12. The molecule has 3 saturated carbocycles. The van der Waals surface area contributed by atoms with Gasteiger partial charge in [-0.15, -0.1) is 0 Å². The van der Waals surface area contributed by atoms with Crippen LogP contribution in [0.15, 0.2) is 30.3 Å². The van der Waals surface area contributed by atoms with Crippen molar-refractivity contribution in [2.75, 3.05) is 0 Å². The molecule has 1 heteroatoms. The monoisotopic (exact) mass is 256 g/mol. The van der Waals surface area contributed by atoms with Gasteiger partial charge in [-0.2, -0.15) is 0 Å². The average Bonchev–Trinajstić information content (AvgIpc) is 3.31. The Labute approximate surface area is 116 Å². The van der Waals surface area contributed by atoms with Crippen molar-refractivity contribution in [3.05, 3.63) is 35.9 Å². The second-order valence-electron chi connectivity index (χ2n) is 7.16. The highest BCUT2D eigenvalue weighted by Crippen LogP contribution is 2.59. The molecule has 3 aliphatic rings. The molecule has 102 valence electrons. The third-order valence-electron chi connectivity index (χ3n) is 5.80. The average molecular weight is 256 g/mol. The summed E-state index contributed by atoms with van der Waals surface area (Å²) in [5.74, 6) is 2.96. The van der Waals surface area contributed by atoms with Crippen LogP contribution in [0.5, 0.6) is 0 Å². The van der Waals surface area contributed by atoms with E-state index < -0.39 is 0 Å². The molecule has 4 rings (SSSR count). The first-order valence-corrected chi connectivity index (χ1v) is 8.03. The Balaban J connectivity index is 1.47. The molecule has 0 radical (unpaired) electrons. The minimum Gasteiger partial charge on any atom is -0.390 e. The first-order chi connectivity index (χ1) is 9.26. The van der Waals surface area contributed by atoms with E-state index in [9.17, 15) is 5.11 Å². The normalized spacial score (nSPS) is 42.1. The Morgan fingerprint density at radius 1 is 1.00 bits per heavy atom. The van der Waals surface area contributed by atoms with Crippen molar-refractivity contribution in [3.63, 3.8) is 0 Å². The summed E-state index contributed by atoms with van der Waals surface area (Å²) in [5, 5.41) is 11.1. The minimum atomic E-state index is -0.341. The maximum absolute atomic E-state index is 11.1. The fourth-order valence-electron chi connectivity index (χ4n) is 4.49. The van der Waals surface area contributed by atoms with Gasteiger partial charge in [0.25, 0.3) is 0 Å². The van der Waals surface area contributed by atoms with Gasteiger partial charge in [-0.1, -0.05) is 36.8 Å². The van der Waals surface area contributed by atoms with Gasteiger partial charge in [0.2, 0.25) is 0 Å². The summed E-state index contributed by atoms with van der Waals surface area (Å²) in [6, 6.07) is 10.8.